The Labute approximate surface area is 154 Å². The molecule has 1 aliphatic heterocycles. The number of piperidine rings is 1. The number of hydrogen-bond acceptors (Lipinski definition) is 3. The van der Waals surface area contributed by atoms with Crippen LogP contribution in [0.1, 0.15) is 45.8 Å². The van der Waals surface area contributed by atoms with E-state index in [2.05, 4.69) is 11.4 Å². The van der Waals surface area contributed by atoms with E-state index in [1.807, 2.05) is 45.0 Å². The van der Waals surface area contributed by atoms with Crippen molar-refractivity contribution >= 4 is 11.8 Å². The molecule has 1 saturated heterocycles. The zero-order chi connectivity index (χ0) is 18.7. The first-order chi connectivity index (χ1) is 12.4. The molecule has 0 radical (unpaired) electrons. The van der Waals surface area contributed by atoms with Gasteiger partial charge in [0.15, 0.2) is 0 Å². The van der Waals surface area contributed by atoms with E-state index in [-0.39, 0.29) is 17.7 Å². The van der Waals surface area contributed by atoms with Gasteiger partial charge in [0.05, 0.1) is 12.5 Å². The van der Waals surface area contributed by atoms with Gasteiger partial charge in [0.25, 0.3) is 5.91 Å². The number of nitrogens with one attached hydrogen (secondary N) is 1. The molecule has 2 amide bonds. The number of likely N-dealkylation sites (tertiary alicyclic amines) is 1. The molecule has 1 aromatic carbocycles. The van der Waals surface area contributed by atoms with Gasteiger partial charge >= 0.3 is 0 Å². The van der Waals surface area contributed by atoms with E-state index in [4.69, 9.17) is 4.42 Å². The predicted molar refractivity (Wildman–Crippen MR) is 99.8 cm³/mol. The minimum absolute atomic E-state index is 0.0101. The van der Waals surface area contributed by atoms with Gasteiger partial charge in [-0.3, -0.25) is 9.59 Å². The Bertz CT molecular complexity index is 789. The van der Waals surface area contributed by atoms with Crippen LogP contribution in [-0.2, 0) is 11.3 Å². The maximum absolute atomic E-state index is 12.8. The number of furan rings is 1. The monoisotopic (exact) mass is 354 g/mol. The molecule has 1 atom stereocenters. The molecule has 0 saturated carbocycles. The molecular weight excluding hydrogens is 328 g/mol. The lowest BCUT2D eigenvalue weighted by atomic mass is 9.96. The number of carbonyl (C=O) groups excluding carboxylic acids is 2. The fourth-order valence-electron chi connectivity index (χ4n) is 3.56. The topological polar surface area (TPSA) is 62.6 Å². The van der Waals surface area contributed by atoms with Crippen molar-refractivity contribution in [3.8, 4) is 0 Å². The van der Waals surface area contributed by atoms with Crippen LogP contribution in [0.25, 0.3) is 0 Å². The molecule has 0 aliphatic carbocycles. The second kappa shape index (κ2) is 7.77. The van der Waals surface area contributed by atoms with Crippen molar-refractivity contribution in [1.82, 2.24) is 10.2 Å². The van der Waals surface area contributed by atoms with E-state index in [9.17, 15) is 9.59 Å². The van der Waals surface area contributed by atoms with Crippen LogP contribution in [0.15, 0.2) is 34.7 Å². The highest BCUT2D eigenvalue weighted by atomic mass is 16.3. The highest BCUT2D eigenvalue weighted by molar-refractivity contribution is 5.95. The molecule has 1 aromatic heterocycles. The summed E-state index contributed by atoms with van der Waals surface area (Å²) in [5.41, 5.74) is 2.86. The first-order valence-corrected chi connectivity index (χ1v) is 9.13. The number of nitrogens with zero attached hydrogens (tertiary/aromatic N) is 1. The summed E-state index contributed by atoms with van der Waals surface area (Å²) in [5, 5.41) is 2.93. The Morgan fingerprint density at radius 3 is 2.54 bits per heavy atom. The zero-order valence-electron chi connectivity index (χ0n) is 15.7. The summed E-state index contributed by atoms with van der Waals surface area (Å²) >= 11 is 0. The van der Waals surface area contributed by atoms with Crippen molar-refractivity contribution in [1.29, 1.82) is 0 Å². The number of rotatable bonds is 4. The molecule has 1 aliphatic rings. The van der Waals surface area contributed by atoms with Gasteiger partial charge in [-0.05, 0) is 57.9 Å². The Kier molecular flexibility index (Phi) is 5.45. The lowest BCUT2D eigenvalue weighted by Gasteiger charge is -2.32. The van der Waals surface area contributed by atoms with Crippen LogP contribution >= 0.6 is 0 Å². The molecule has 2 aromatic rings. The maximum Gasteiger partial charge on any atom is 0.253 e. The van der Waals surface area contributed by atoms with Crippen LogP contribution in [0.2, 0.25) is 0 Å². The maximum atomic E-state index is 12.8. The summed E-state index contributed by atoms with van der Waals surface area (Å²) < 4.78 is 5.48. The van der Waals surface area contributed by atoms with E-state index < -0.39 is 0 Å². The zero-order valence-corrected chi connectivity index (χ0v) is 15.7. The van der Waals surface area contributed by atoms with E-state index in [1.54, 1.807) is 4.90 Å². The molecule has 3 rings (SSSR count). The number of benzene rings is 1. The minimum atomic E-state index is -0.172. The second-order valence-corrected chi connectivity index (χ2v) is 7.20. The van der Waals surface area contributed by atoms with Gasteiger partial charge in [-0.2, -0.15) is 0 Å². The van der Waals surface area contributed by atoms with Crippen molar-refractivity contribution < 1.29 is 14.0 Å². The Morgan fingerprint density at radius 1 is 1.15 bits per heavy atom. The Balaban J connectivity index is 1.61. The summed E-state index contributed by atoms with van der Waals surface area (Å²) in [6.07, 6.45) is 1.65. The van der Waals surface area contributed by atoms with Crippen LogP contribution in [0.5, 0.6) is 0 Å². The van der Waals surface area contributed by atoms with Crippen LogP contribution < -0.4 is 5.32 Å². The van der Waals surface area contributed by atoms with Crippen LogP contribution in [0.3, 0.4) is 0 Å². The van der Waals surface area contributed by atoms with E-state index >= 15 is 0 Å². The first-order valence-electron chi connectivity index (χ1n) is 9.13. The highest BCUT2D eigenvalue weighted by Crippen LogP contribution is 2.20. The highest BCUT2D eigenvalue weighted by Gasteiger charge is 2.29. The van der Waals surface area contributed by atoms with Crippen molar-refractivity contribution in [3.05, 3.63) is 58.5 Å². The van der Waals surface area contributed by atoms with Crippen molar-refractivity contribution in [2.24, 2.45) is 5.92 Å². The van der Waals surface area contributed by atoms with Gasteiger partial charge in [0, 0.05) is 18.7 Å². The number of carbonyl (C=O) groups is 2. The Hall–Kier alpha value is -2.56. The minimum Gasteiger partial charge on any atom is -0.465 e. The van der Waals surface area contributed by atoms with Crippen molar-refractivity contribution in [2.45, 2.75) is 40.2 Å². The summed E-state index contributed by atoms with van der Waals surface area (Å²) in [4.78, 5) is 27.1. The molecule has 5 nitrogen and oxygen atoms in total. The van der Waals surface area contributed by atoms with Gasteiger partial charge in [-0.25, -0.2) is 0 Å². The number of aryl methyl sites for hydroxylation is 3. The third-order valence-electron chi connectivity index (χ3n) is 4.78. The molecular formula is C21H26N2O3. The van der Waals surface area contributed by atoms with Crippen LogP contribution in [-0.4, -0.2) is 29.8 Å². The predicted octanol–water partition coefficient (Wildman–Crippen LogP) is 3.37. The van der Waals surface area contributed by atoms with Crippen molar-refractivity contribution in [2.75, 3.05) is 13.1 Å². The summed E-state index contributed by atoms with van der Waals surface area (Å²) in [5.74, 6) is 1.40. The number of amides is 2. The van der Waals surface area contributed by atoms with Gasteiger partial charge in [0.1, 0.15) is 11.5 Å². The van der Waals surface area contributed by atoms with Gasteiger partial charge in [-0.15, -0.1) is 0 Å². The molecule has 1 fully saturated rings. The SMILES string of the molecule is Cc1cc(C)cc(C(=O)N2CCCC(C(=O)NCc3ccc(C)o3)C2)c1. The smallest absolute Gasteiger partial charge is 0.253 e. The molecule has 1 N–H and O–H groups in total. The van der Waals surface area contributed by atoms with Crippen LogP contribution in [0.4, 0.5) is 0 Å². The molecule has 2 heterocycles. The lowest BCUT2D eigenvalue weighted by molar-refractivity contribution is -0.126. The molecule has 0 spiro atoms. The molecule has 26 heavy (non-hydrogen) atoms. The van der Waals surface area contributed by atoms with E-state index in [0.717, 1.165) is 35.5 Å². The summed E-state index contributed by atoms with van der Waals surface area (Å²) in [7, 11) is 0. The van der Waals surface area contributed by atoms with Gasteiger partial charge < -0.3 is 14.6 Å². The van der Waals surface area contributed by atoms with Crippen molar-refractivity contribution in [3.63, 3.8) is 0 Å². The van der Waals surface area contributed by atoms with Crippen LogP contribution in [0, 0.1) is 26.7 Å². The average molecular weight is 354 g/mol. The first kappa shape index (κ1) is 18.2. The summed E-state index contributed by atoms with van der Waals surface area (Å²) in [6.45, 7) is 7.41. The lowest BCUT2D eigenvalue weighted by Crippen LogP contribution is -2.45. The summed E-state index contributed by atoms with van der Waals surface area (Å²) in [6, 6.07) is 9.63. The molecule has 1 unspecified atom stereocenters. The molecule has 138 valence electrons. The fourth-order valence-corrected chi connectivity index (χ4v) is 3.56. The van der Waals surface area contributed by atoms with Gasteiger partial charge in [0.2, 0.25) is 5.91 Å². The average Bonchev–Trinajstić information content (AvgIpc) is 3.03. The molecule has 0 bridgehead atoms. The van der Waals surface area contributed by atoms with E-state index in [1.165, 1.54) is 0 Å². The third-order valence-corrected chi connectivity index (χ3v) is 4.78. The second-order valence-electron chi connectivity index (χ2n) is 7.20. The Morgan fingerprint density at radius 2 is 1.88 bits per heavy atom. The van der Waals surface area contributed by atoms with Gasteiger partial charge in [-0.1, -0.05) is 17.2 Å². The fraction of sp³-hybridized carbons (Fsp3) is 0.429. The number of hydrogen-bond donors (Lipinski definition) is 1. The largest absolute Gasteiger partial charge is 0.465 e. The van der Waals surface area contributed by atoms with E-state index in [0.29, 0.717) is 25.2 Å². The molecule has 5 heteroatoms. The third kappa shape index (κ3) is 4.34. The quantitative estimate of drug-likeness (QED) is 0.916. The normalized spacial score (nSPS) is 17.2. The standard InChI is InChI=1S/C21H26N2O3/c1-14-9-15(2)11-18(10-14)21(25)23-8-4-5-17(13-23)20(24)22-12-19-7-6-16(3)26-19/h6-7,9-11,17H,4-5,8,12-13H2,1-3H3,(H,22,24).